The molecular weight excluding hydrogens is 245 g/mol. The first kappa shape index (κ1) is 14.8. The van der Waals surface area contributed by atoms with Gasteiger partial charge in [0.1, 0.15) is 5.69 Å². The fourth-order valence-electron chi connectivity index (χ4n) is 1.54. The van der Waals surface area contributed by atoms with E-state index in [2.05, 4.69) is 5.32 Å². The van der Waals surface area contributed by atoms with E-state index in [1.807, 2.05) is 20.8 Å². The van der Waals surface area contributed by atoms with E-state index >= 15 is 0 Å². The predicted octanol–water partition coefficient (Wildman–Crippen LogP) is 2.26. The average molecular weight is 262 g/mol. The van der Waals surface area contributed by atoms with Crippen LogP contribution in [0.2, 0.25) is 0 Å². The van der Waals surface area contributed by atoms with Crippen LogP contribution in [0.1, 0.15) is 26.5 Å². The minimum absolute atomic E-state index is 0.00815. The number of nitrogens with zero attached hydrogens (tertiary/aromatic N) is 1. The molecule has 0 aliphatic rings. The number of rotatable bonds is 3. The Kier molecular flexibility index (Phi) is 4.21. The molecule has 18 heavy (non-hydrogen) atoms. The van der Waals surface area contributed by atoms with Crippen LogP contribution in [0.15, 0.2) is 23.0 Å². The maximum atomic E-state index is 12.7. The lowest BCUT2D eigenvalue weighted by Gasteiger charge is -2.22. The molecular formula is C12H17F3N2O. The molecule has 0 fully saturated rings. The Hall–Kier alpha value is -1.30. The molecule has 0 aliphatic heterocycles. The Balaban J connectivity index is 2.91. The third-order valence-corrected chi connectivity index (χ3v) is 2.33. The zero-order chi connectivity index (χ0) is 14.0. The van der Waals surface area contributed by atoms with Crippen LogP contribution in [0, 0.1) is 0 Å². The quantitative estimate of drug-likeness (QED) is 0.906. The number of hydrogen-bond donors (Lipinski definition) is 1. The van der Waals surface area contributed by atoms with Crippen LogP contribution < -0.4 is 10.9 Å². The number of pyridine rings is 1. The van der Waals surface area contributed by atoms with Crippen molar-refractivity contribution in [2.24, 2.45) is 0 Å². The van der Waals surface area contributed by atoms with Crippen LogP contribution in [-0.2, 0) is 12.7 Å². The van der Waals surface area contributed by atoms with E-state index in [4.69, 9.17) is 0 Å². The summed E-state index contributed by atoms with van der Waals surface area (Å²) in [5.41, 5.74) is -1.75. The Morgan fingerprint density at radius 1 is 1.22 bits per heavy atom. The van der Waals surface area contributed by atoms with Gasteiger partial charge in [0.2, 0.25) is 0 Å². The van der Waals surface area contributed by atoms with Crippen molar-refractivity contribution in [1.29, 1.82) is 0 Å². The van der Waals surface area contributed by atoms with E-state index in [0.29, 0.717) is 6.54 Å². The van der Waals surface area contributed by atoms with E-state index in [-0.39, 0.29) is 12.1 Å². The van der Waals surface area contributed by atoms with Gasteiger partial charge in [0.15, 0.2) is 0 Å². The van der Waals surface area contributed by atoms with E-state index in [0.717, 1.165) is 22.8 Å². The largest absolute Gasteiger partial charge is 0.431 e. The highest BCUT2D eigenvalue weighted by Crippen LogP contribution is 2.27. The summed E-state index contributed by atoms with van der Waals surface area (Å²) in [7, 11) is 0. The first-order valence-corrected chi connectivity index (χ1v) is 5.63. The average Bonchev–Trinajstić information content (AvgIpc) is 2.16. The predicted molar refractivity (Wildman–Crippen MR) is 63.5 cm³/mol. The summed E-state index contributed by atoms with van der Waals surface area (Å²) in [6, 6.07) is 3.17. The summed E-state index contributed by atoms with van der Waals surface area (Å²) in [4.78, 5) is 11.5. The number of nitrogens with one attached hydrogen (secondary N) is 1. The van der Waals surface area contributed by atoms with Crippen molar-refractivity contribution in [1.82, 2.24) is 9.88 Å². The Labute approximate surface area is 104 Å². The highest BCUT2D eigenvalue weighted by molar-refractivity contribution is 5.10. The zero-order valence-corrected chi connectivity index (χ0v) is 10.6. The third kappa shape index (κ3) is 4.18. The third-order valence-electron chi connectivity index (χ3n) is 2.33. The van der Waals surface area contributed by atoms with Crippen LogP contribution >= 0.6 is 0 Å². The summed E-state index contributed by atoms with van der Waals surface area (Å²) >= 11 is 0. The van der Waals surface area contributed by atoms with Gasteiger partial charge in [0.25, 0.3) is 5.56 Å². The second-order valence-corrected chi connectivity index (χ2v) is 5.08. The molecule has 1 aromatic rings. The number of aromatic nitrogens is 1. The van der Waals surface area contributed by atoms with Crippen molar-refractivity contribution in [2.75, 3.05) is 6.54 Å². The smallest absolute Gasteiger partial charge is 0.310 e. The van der Waals surface area contributed by atoms with Crippen molar-refractivity contribution >= 4 is 0 Å². The summed E-state index contributed by atoms with van der Waals surface area (Å²) in [5.74, 6) is 0. The van der Waals surface area contributed by atoms with E-state index in [1.165, 1.54) is 0 Å². The van der Waals surface area contributed by atoms with Crippen LogP contribution in [0.25, 0.3) is 0 Å². The minimum Gasteiger partial charge on any atom is -0.310 e. The van der Waals surface area contributed by atoms with Crippen LogP contribution in [0.5, 0.6) is 0 Å². The van der Waals surface area contributed by atoms with Gasteiger partial charge in [-0.15, -0.1) is 0 Å². The Morgan fingerprint density at radius 3 is 2.33 bits per heavy atom. The SMILES string of the molecule is CC(C)(C)NCCn1c(C(F)(F)F)cccc1=O. The van der Waals surface area contributed by atoms with Crippen LogP contribution in [0.4, 0.5) is 13.2 Å². The Morgan fingerprint density at radius 2 is 1.83 bits per heavy atom. The molecule has 1 N–H and O–H groups in total. The Bertz CT molecular complexity index is 458. The van der Waals surface area contributed by atoms with E-state index in [1.54, 1.807) is 0 Å². The summed E-state index contributed by atoms with van der Waals surface area (Å²) < 4.78 is 38.9. The van der Waals surface area contributed by atoms with Gasteiger partial charge in [-0.1, -0.05) is 6.07 Å². The van der Waals surface area contributed by atoms with Gasteiger partial charge in [-0.3, -0.25) is 4.79 Å². The molecule has 0 aromatic carbocycles. The van der Waals surface area contributed by atoms with Gasteiger partial charge in [-0.05, 0) is 26.8 Å². The lowest BCUT2D eigenvalue weighted by molar-refractivity contribution is -0.144. The van der Waals surface area contributed by atoms with E-state index in [9.17, 15) is 18.0 Å². The lowest BCUT2D eigenvalue weighted by Crippen LogP contribution is -2.40. The molecule has 0 radical (unpaired) electrons. The van der Waals surface area contributed by atoms with Gasteiger partial charge >= 0.3 is 6.18 Å². The fraction of sp³-hybridized carbons (Fsp3) is 0.583. The van der Waals surface area contributed by atoms with Crippen LogP contribution in [-0.4, -0.2) is 16.7 Å². The monoisotopic (exact) mass is 262 g/mol. The molecule has 102 valence electrons. The number of alkyl halides is 3. The second kappa shape index (κ2) is 5.14. The molecule has 3 nitrogen and oxygen atoms in total. The van der Waals surface area contributed by atoms with Crippen molar-refractivity contribution in [3.8, 4) is 0 Å². The standard InChI is InChI=1S/C12H17F3N2O/c1-11(2,3)16-7-8-17-9(12(13,14)15)5-4-6-10(17)18/h4-6,16H,7-8H2,1-3H3. The lowest BCUT2D eigenvalue weighted by atomic mass is 10.1. The summed E-state index contributed by atoms with van der Waals surface area (Å²) in [5, 5.41) is 3.05. The minimum atomic E-state index is -4.51. The highest BCUT2D eigenvalue weighted by Gasteiger charge is 2.33. The van der Waals surface area contributed by atoms with Gasteiger partial charge in [-0.25, -0.2) is 0 Å². The molecule has 0 aliphatic carbocycles. The van der Waals surface area contributed by atoms with Gasteiger partial charge < -0.3 is 9.88 Å². The number of hydrogen-bond acceptors (Lipinski definition) is 2. The normalized spacial score (nSPS) is 12.8. The van der Waals surface area contributed by atoms with Gasteiger partial charge in [-0.2, -0.15) is 13.2 Å². The first-order chi connectivity index (χ1) is 8.11. The molecule has 1 rings (SSSR count). The van der Waals surface area contributed by atoms with Gasteiger partial charge in [0, 0.05) is 24.7 Å². The molecule has 6 heteroatoms. The first-order valence-electron chi connectivity index (χ1n) is 5.63. The molecule has 0 amide bonds. The molecule has 0 saturated heterocycles. The molecule has 0 saturated carbocycles. The maximum Gasteiger partial charge on any atom is 0.431 e. The van der Waals surface area contributed by atoms with Gasteiger partial charge in [0.05, 0.1) is 0 Å². The van der Waals surface area contributed by atoms with E-state index < -0.39 is 17.4 Å². The van der Waals surface area contributed by atoms with Crippen molar-refractivity contribution in [3.63, 3.8) is 0 Å². The maximum absolute atomic E-state index is 12.7. The van der Waals surface area contributed by atoms with Crippen LogP contribution in [0.3, 0.4) is 0 Å². The fourth-order valence-corrected chi connectivity index (χ4v) is 1.54. The highest BCUT2D eigenvalue weighted by atomic mass is 19.4. The van der Waals surface area contributed by atoms with Crippen molar-refractivity contribution < 1.29 is 13.2 Å². The topological polar surface area (TPSA) is 34.0 Å². The van der Waals surface area contributed by atoms with Crippen molar-refractivity contribution in [3.05, 3.63) is 34.2 Å². The van der Waals surface area contributed by atoms with Crippen molar-refractivity contribution in [2.45, 2.75) is 39.0 Å². The molecule has 0 unspecified atom stereocenters. The number of halogens is 3. The molecule has 1 aromatic heterocycles. The molecule has 0 atom stereocenters. The molecule has 0 spiro atoms. The summed E-state index contributed by atoms with van der Waals surface area (Å²) in [6.45, 7) is 6.02. The second-order valence-electron chi connectivity index (χ2n) is 5.08. The summed E-state index contributed by atoms with van der Waals surface area (Å²) in [6.07, 6.45) is -4.51. The molecule has 0 bridgehead atoms. The molecule has 1 heterocycles. The zero-order valence-electron chi connectivity index (χ0n) is 10.6.